The summed E-state index contributed by atoms with van der Waals surface area (Å²) >= 11 is 0. The van der Waals surface area contributed by atoms with Crippen molar-refractivity contribution in [2.75, 3.05) is 14.1 Å². The normalized spacial score (nSPS) is 12.7. The van der Waals surface area contributed by atoms with Crippen LogP contribution < -0.4 is 4.72 Å². The summed E-state index contributed by atoms with van der Waals surface area (Å²) < 4.78 is 56.5. The molecule has 7 nitrogen and oxygen atoms in total. The summed E-state index contributed by atoms with van der Waals surface area (Å²) in [5, 5.41) is 0. The number of furan rings is 1. The van der Waals surface area contributed by atoms with E-state index in [0.717, 1.165) is 4.31 Å². The lowest BCUT2D eigenvalue weighted by atomic mass is 10.4. The third-order valence-corrected chi connectivity index (χ3v) is 6.18. The van der Waals surface area contributed by atoms with Crippen LogP contribution in [0.2, 0.25) is 0 Å². The first-order valence-electron chi connectivity index (χ1n) is 6.28. The fourth-order valence-electron chi connectivity index (χ4n) is 1.66. The van der Waals surface area contributed by atoms with Gasteiger partial charge in [-0.1, -0.05) is 0 Å². The molecular formula is C13H16N2O5S2. The second-order valence-electron chi connectivity index (χ2n) is 4.66. The van der Waals surface area contributed by atoms with E-state index in [1.165, 1.54) is 44.6 Å². The number of nitrogens with one attached hydrogen (secondary N) is 1. The lowest BCUT2D eigenvalue weighted by molar-refractivity contribution is 0.498. The molecule has 0 spiro atoms. The number of hydrogen-bond donors (Lipinski definition) is 1. The van der Waals surface area contributed by atoms with E-state index in [1.807, 2.05) is 0 Å². The second-order valence-corrected chi connectivity index (χ2v) is 8.58. The lowest BCUT2D eigenvalue weighted by Crippen LogP contribution is -2.24. The van der Waals surface area contributed by atoms with E-state index >= 15 is 0 Å². The van der Waals surface area contributed by atoms with Crippen molar-refractivity contribution in [1.29, 1.82) is 0 Å². The minimum atomic E-state index is -3.74. The van der Waals surface area contributed by atoms with Crippen molar-refractivity contribution in [3.8, 4) is 0 Å². The molecule has 0 aliphatic rings. The molecule has 0 saturated carbocycles. The van der Waals surface area contributed by atoms with Gasteiger partial charge in [-0.3, -0.25) is 0 Å². The van der Waals surface area contributed by atoms with Crippen LogP contribution in [-0.4, -0.2) is 35.2 Å². The maximum absolute atomic E-state index is 12.1. The van der Waals surface area contributed by atoms with Crippen LogP contribution in [-0.2, 0) is 26.6 Å². The van der Waals surface area contributed by atoms with Crippen molar-refractivity contribution in [2.45, 2.75) is 16.3 Å². The summed E-state index contributed by atoms with van der Waals surface area (Å²) in [5.74, 6) is 0.482. The molecule has 120 valence electrons. The van der Waals surface area contributed by atoms with Gasteiger partial charge in [0.25, 0.3) is 0 Å². The molecule has 9 heteroatoms. The molecule has 1 heterocycles. The Morgan fingerprint density at radius 1 is 1.00 bits per heavy atom. The number of benzene rings is 1. The van der Waals surface area contributed by atoms with Gasteiger partial charge < -0.3 is 4.42 Å². The summed E-state index contributed by atoms with van der Waals surface area (Å²) in [6.07, 6.45) is 1.45. The standard InChI is InChI=1S/C13H16N2O5S2/c1-15(2)22(18,19)13-7-5-12(6-8-13)21(16,17)14-10-11-4-3-9-20-11/h3-9,14H,10H2,1-2H3. The van der Waals surface area contributed by atoms with Crippen molar-refractivity contribution in [3.63, 3.8) is 0 Å². The molecular weight excluding hydrogens is 328 g/mol. The predicted molar refractivity (Wildman–Crippen MR) is 80.0 cm³/mol. The average Bonchev–Trinajstić information content (AvgIpc) is 2.98. The second kappa shape index (κ2) is 6.21. The fraction of sp³-hybridized carbons (Fsp3) is 0.231. The third kappa shape index (κ3) is 3.55. The average molecular weight is 344 g/mol. The maximum Gasteiger partial charge on any atom is 0.242 e. The zero-order valence-electron chi connectivity index (χ0n) is 12.1. The highest BCUT2D eigenvalue weighted by Gasteiger charge is 2.19. The van der Waals surface area contributed by atoms with Gasteiger partial charge in [-0.15, -0.1) is 0 Å². The van der Waals surface area contributed by atoms with Gasteiger partial charge in [0.05, 0.1) is 22.6 Å². The molecule has 1 aromatic heterocycles. The molecule has 0 saturated heterocycles. The zero-order chi connectivity index (χ0) is 16.4. The van der Waals surface area contributed by atoms with Gasteiger partial charge in [0.2, 0.25) is 20.0 Å². The van der Waals surface area contributed by atoms with Crippen LogP contribution in [0.5, 0.6) is 0 Å². The largest absolute Gasteiger partial charge is 0.468 e. The Labute approximate surface area is 129 Å². The van der Waals surface area contributed by atoms with Crippen LogP contribution >= 0.6 is 0 Å². The number of nitrogens with zero attached hydrogens (tertiary/aromatic N) is 1. The first-order chi connectivity index (χ1) is 10.2. The first kappa shape index (κ1) is 16.7. The van der Waals surface area contributed by atoms with Crippen LogP contribution in [0.1, 0.15) is 5.76 Å². The Bertz CT molecular complexity index is 823. The maximum atomic E-state index is 12.1. The van der Waals surface area contributed by atoms with Crippen LogP contribution in [0.25, 0.3) is 0 Å². The van der Waals surface area contributed by atoms with Gasteiger partial charge >= 0.3 is 0 Å². The van der Waals surface area contributed by atoms with E-state index in [9.17, 15) is 16.8 Å². The van der Waals surface area contributed by atoms with Gasteiger partial charge in [0.1, 0.15) is 5.76 Å². The van der Waals surface area contributed by atoms with Gasteiger partial charge in [0, 0.05) is 14.1 Å². The SMILES string of the molecule is CN(C)S(=O)(=O)c1ccc(S(=O)(=O)NCc2ccco2)cc1. The lowest BCUT2D eigenvalue weighted by Gasteiger charge is -2.12. The minimum Gasteiger partial charge on any atom is -0.468 e. The van der Waals surface area contributed by atoms with E-state index in [1.54, 1.807) is 12.1 Å². The Morgan fingerprint density at radius 3 is 2.09 bits per heavy atom. The van der Waals surface area contributed by atoms with Gasteiger partial charge in [-0.05, 0) is 36.4 Å². The molecule has 2 aromatic rings. The van der Waals surface area contributed by atoms with Crippen molar-refractivity contribution in [3.05, 3.63) is 48.4 Å². The van der Waals surface area contributed by atoms with E-state index in [-0.39, 0.29) is 16.3 Å². The molecule has 0 radical (unpaired) electrons. The predicted octanol–water partition coefficient (Wildman–Crippen LogP) is 1.01. The van der Waals surface area contributed by atoms with E-state index < -0.39 is 20.0 Å². The molecule has 0 aliphatic carbocycles. The van der Waals surface area contributed by atoms with Crippen molar-refractivity contribution >= 4 is 20.0 Å². The van der Waals surface area contributed by atoms with Crippen molar-refractivity contribution in [1.82, 2.24) is 9.03 Å². The van der Waals surface area contributed by atoms with Crippen molar-refractivity contribution in [2.24, 2.45) is 0 Å². The molecule has 0 fully saturated rings. The molecule has 22 heavy (non-hydrogen) atoms. The molecule has 0 atom stereocenters. The molecule has 1 aromatic carbocycles. The molecule has 2 rings (SSSR count). The summed E-state index contributed by atoms with van der Waals surface area (Å²) in [4.78, 5) is 0.0132. The monoisotopic (exact) mass is 344 g/mol. The van der Waals surface area contributed by atoms with Crippen LogP contribution in [0.15, 0.2) is 56.9 Å². The zero-order valence-corrected chi connectivity index (χ0v) is 13.7. The minimum absolute atomic E-state index is 0.0169. The third-order valence-electron chi connectivity index (χ3n) is 2.93. The highest BCUT2D eigenvalue weighted by Crippen LogP contribution is 2.17. The summed E-state index contributed by atoms with van der Waals surface area (Å²) in [5.41, 5.74) is 0. The molecule has 0 bridgehead atoms. The molecule has 0 aliphatic heterocycles. The summed E-state index contributed by atoms with van der Waals surface area (Å²) in [7, 11) is -4.51. The van der Waals surface area contributed by atoms with Crippen LogP contribution in [0, 0.1) is 0 Å². The summed E-state index contributed by atoms with van der Waals surface area (Å²) in [6, 6.07) is 8.33. The van der Waals surface area contributed by atoms with E-state index in [2.05, 4.69) is 4.72 Å². The van der Waals surface area contributed by atoms with Crippen molar-refractivity contribution < 1.29 is 21.3 Å². The Balaban J connectivity index is 2.19. The van der Waals surface area contributed by atoms with E-state index in [4.69, 9.17) is 4.42 Å². The quantitative estimate of drug-likeness (QED) is 0.843. The van der Waals surface area contributed by atoms with Gasteiger partial charge in [-0.2, -0.15) is 0 Å². The highest BCUT2D eigenvalue weighted by atomic mass is 32.2. The number of rotatable bonds is 6. The topological polar surface area (TPSA) is 96.7 Å². The first-order valence-corrected chi connectivity index (χ1v) is 9.20. The van der Waals surface area contributed by atoms with Gasteiger partial charge in [-0.25, -0.2) is 25.9 Å². The molecule has 0 amide bonds. The highest BCUT2D eigenvalue weighted by molar-refractivity contribution is 7.89. The van der Waals surface area contributed by atoms with E-state index in [0.29, 0.717) is 5.76 Å². The fourth-order valence-corrected chi connectivity index (χ4v) is 3.56. The van der Waals surface area contributed by atoms with Crippen LogP contribution in [0.4, 0.5) is 0 Å². The Morgan fingerprint density at radius 2 is 1.59 bits per heavy atom. The number of hydrogen-bond acceptors (Lipinski definition) is 5. The van der Waals surface area contributed by atoms with Crippen LogP contribution in [0.3, 0.4) is 0 Å². The van der Waals surface area contributed by atoms with Gasteiger partial charge in [0.15, 0.2) is 0 Å². The Hall–Kier alpha value is -1.68. The number of sulfonamides is 2. The smallest absolute Gasteiger partial charge is 0.242 e. The molecule has 1 N–H and O–H groups in total. The molecule has 0 unspecified atom stereocenters. The Kier molecular flexibility index (Phi) is 4.71. The summed E-state index contributed by atoms with van der Waals surface area (Å²) in [6.45, 7) is 0.0209.